The second-order valence-electron chi connectivity index (χ2n) is 6.48. The SMILES string of the molecule is NN=C1CC2C3CC4(OCCO4)C4C3CC2C14. The topological polar surface area (TPSA) is 56.8 Å². The van der Waals surface area contributed by atoms with Crippen molar-refractivity contribution in [1.29, 1.82) is 0 Å². The van der Waals surface area contributed by atoms with Crippen LogP contribution in [0.2, 0.25) is 0 Å². The molecule has 4 nitrogen and oxygen atoms in total. The Labute approximate surface area is 101 Å². The normalized spacial score (nSPS) is 58.9. The van der Waals surface area contributed by atoms with Crippen LogP contribution in [-0.4, -0.2) is 24.7 Å². The lowest BCUT2D eigenvalue weighted by Crippen LogP contribution is -2.41. The van der Waals surface area contributed by atoms with Gasteiger partial charge >= 0.3 is 0 Å². The number of rotatable bonds is 0. The van der Waals surface area contributed by atoms with Crippen LogP contribution in [0.5, 0.6) is 0 Å². The maximum Gasteiger partial charge on any atom is 0.172 e. The Bertz CT molecular complexity index is 416. The molecule has 0 radical (unpaired) electrons. The van der Waals surface area contributed by atoms with E-state index >= 15 is 0 Å². The Balaban J connectivity index is 1.66. The number of nitrogens with two attached hydrogens (primary N) is 1. The standard InChI is InChI=1S/C13H18N2O2/c14-15-10-4-6-7-3-8-9(6)5-13(12(8)11(7)10)16-1-2-17-13/h6-9,11-12H,1-5,14H2. The van der Waals surface area contributed by atoms with Gasteiger partial charge in [0, 0.05) is 24.0 Å². The molecule has 6 unspecified atom stereocenters. The largest absolute Gasteiger partial charge is 0.347 e. The van der Waals surface area contributed by atoms with E-state index in [2.05, 4.69) is 5.10 Å². The third-order valence-electron chi connectivity index (χ3n) is 6.30. The van der Waals surface area contributed by atoms with Crippen molar-refractivity contribution in [2.45, 2.75) is 25.0 Å². The van der Waals surface area contributed by atoms with Crippen molar-refractivity contribution < 1.29 is 9.47 Å². The average Bonchev–Trinajstić information content (AvgIpc) is 3.03. The quantitative estimate of drug-likeness (QED) is 0.502. The minimum atomic E-state index is -0.250. The molecule has 1 aliphatic heterocycles. The molecule has 4 aliphatic carbocycles. The van der Waals surface area contributed by atoms with E-state index in [0.717, 1.165) is 49.7 Å². The van der Waals surface area contributed by atoms with Crippen molar-refractivity contribution >= 4 is 5.71 Å². The highest BCUT2D eigenvalue weighted by molar-refractivity contribution is 5.91. The van der Waals surface area contributed by atoms with Gasteiger partial charge in [-0.25, -0.2) is 0 Å². The number of fused-ring (bicyclic) bond motifs is 3. The number of hydrogen-bond acceptors (Lipinski definition) is 4. The summed E-state index contributed by atoms with van der Waals surface area (Å²) in [7, 11) is 0. The zero-order valence-electron chi connectivity index (χ0n) is 9.84. The lowest BCUT2D eigenvalue weighted by molar-refractivity contribution is -0.188. The number of ether oxygens (including phenoxy) is 2. The molecule has 2 bridgehead atoms. The Morgan fingerprint density at radius 3 is 2.71 bits per heavy atom. The van der Waals surface area contributed by atoms with Gasteiger partial charge in [-0.2, -0.15) is 5.10 Å². The average molecular weight is 234 g/mol. The summed E-state index contributed by atoms with van der Waals surface area (Å²) >= 11 is 0. The van der Waals surface area contributed by atoms with Crippen molar-refractivity contribution in [3.8, 4) is 0 Å². The van der Waals surface area contributed by atoms with Gasteiger partial charge in [-0.3, -0.25) is 0 Å². The Morgan fingerprint density at radius 1 is 1.12 bits per heavy atom. The van der Waals surface area contributed by atoms with Gasteiger partial charge in [0.15, 0.2) is 5.79 Å². The molecule has 1 spiro atoms. The first kappa shape index (κ1) is 9.34. The van der Waals surface area contributed by atoms with Gasteiger partial charge in [-0.15, -0.1) is 0 Å². The van der Waals surface area contributed by atoms with Crippen LogP contribution in [0.3, 0.4) is 0 Å². The van der Waals surface area contributed by atoms with E-state index in [1.165, 1.54) is 12.1 Å². The van der Waals surface area contributed by atoms with Gasteiger partial charge in [0.1, 0.15) is 0 Å². The molecule has 92 valence electrons. The van der Waals surface area contributed by atoms with Crippen LogP contribution in [0, 0.1) is 35.5 Å². The summed E-state index contributed by atoms with van der Waals surface area (Å²) in [6.07, 6.45) is 3.66. The van der Waals surface area contributed by atoms with Crippen LogP contribution in [0.15, 0.2) is 5.10 Å². The first-order valence-corrected chi connectivity index (χ1v) is 6.88. The molecule has 0 aromatic carbocycles. The van der Waals surface area contributed by atoms with Crippen LogP contribution < -0.4 is 5.84 Å². The number of hydrazone groups is 1. The molecule has 0 aromatic rings. The molecular formula is C13H18N2O2. The van der Waals surface area contributed by atoms with Crippen molar-refractivity contribution in [2.24, 2.45) is 46.5 Å². The third kappa shape index (κ3) is 0.838. The van der Waals surface area contributed by atoms with Crippen LogP contribution in [0.4, 0.5) is 0 Å². The van der Waals surface area contributed by atoms with E-state index in [0.29, 0.717) is 11.8 Å². The first-order valence-electron chi connectivity index (χ1n) is 6.88. The molecule has 1 heterocycles. The molecule has 2 N–H and O–H groups in total. The summed E-state index contributed by atoms with van der Waals surface area (Å²) in [6, 6.07) is 0. The number of hydrogen-bond donors (Lipinski definition) is 1. The predicted octanol–water partition coefficient (Wildman–Crippen LogP) is 0.966. The zero-order chi connectivity index (χ0) is 11.2. The fourth-order valence-electron chi connectivity index (χ4n) is 6.08. The minimum absolute atomic E-state index is 0.250. The van der Waals surface area contributed by atoms with Gasteiger partial charge < -0.3 is 15.3 Å². The molecule has 0 aromatic heterocycles. The maximum atomic E-state index is 6.04. The van der Waals surface area contributed by atoms with Crippen LogP contribution in [0.25, 0.3) is 0 Å². The zero-order valence-corrected chi connectivity index (χ0v) is 9.84. The lowest BCUT2D eigenvalue weighted by atomic mass is 9.79. The van der Waals surface area contributed by atoms with Gasteiger partial charge in [0.2, 0.25) is 0 Å². The lowest BCUT2D eigenvalue weighted by Gasteiger charge is -2.33. The van der Waals surface area contributed by atoms with E-state index in [9.17, 15) is 0 Å². The van der Waals surface area contributed by atoms with E-state index in [1.54, 1.807) is 0 Å². The van der Waals surface area contributed by atoms with Crippen molar-refractivity contribution in [1.82, 2.24) is 0 Å². The summed E-state index contributed by atoms with van der Waals surface area (Å²) < 4.78 is 12.1. The van der Waals surface area contributed by atoms with Gasteiger partial charge in [-0.05, 0) is 36.5 Å². The fourth-order valence-corrected chi connectivity index (χ4v) is 6.08. The molecular weight excluding hydrogens is 216 g/mol. The highest BCUT2D eigenvalue weighted by atomic mass is 16.7. The Morgan fingerprint density at radius 2 is 1.94 bits per heavy atom. The Hall–Kier alpha value is -0.610. The summed E-state index contributed by atoms with van der Waals surface area (Å²) in [5.74, 6) is 9.79. The van der Waals surface area contributed by atoms with E-state index < -0.39 is 0 Å². The molecule has 0 amide bonds. The van der Waals surface area contributed by atoms with Gasteiger partial charge in [0.05, 0.1) is 13.2 Å². The molecule has 5 aliphatic rings. The van der Waals surface area contributed by atoms with E-state index in [1.807, 2.05) is 0 Å². The highest BCUT2D eigenvalue weighted by Gasteiger charge is 2.74. The smallest absolute Gasteiger partial charge is 0.172 e. The maximum absolute atomic E-state index is 6.04. The van der Waals surface area contributed by atoms with Crippen molar-refractivity contribution in [3.05, 3.63) is 0 Å². The minimum Gasteiger partial charge on any atom is -0.347 e. The van der Waals surface area contributed by atoms with Crippen LogP contribution >= 0.6 is 0 Å². The van der Waals surface area contributed by atoms with Crippen molar-refractivity contribution in [2.75, 3.05) is 13.2 Å². The molecule has 5 rings (SSSR count). The second-order valence-corrected chi connectivity index (χ2v) is 6.48. The van der Waals surface area contributed by atoms with E-state index in [4.69, 9.17) is 15.3 Å². The summed E-state index contributed by atoms with van der Waals surface area (Å²) in [4.78, 5) is 0. The molecule has 17 heavy (non-hydrogen) atoms. The first-order chi connectivity index (χ1) is 8.34. The predicted molar refractivity (Wildman–Crippen MR) is 61.0 cm³/mol. The summed E-state index contributed by atoms with van der Waals surface area (Å²) in [6.45, 7) is 1.54. The summed E-state index contributed by atoms with van der Waals surface area (Å²) in [5.41, 5.74) is 1.26. The van der Waals surface area contributed by atoms with Gasteiger partial charge in [0.25, 0.3) is 0 Å². The molecule has 6 atom stereocenters. The molecule has 5 fully saturated rings. The molecule has 1 saturated heterocycles. The van der Waals surface area contributed by atoms with E-state index in [-0.39, 0.29) is 5.79 Å². The van der Waals surface area contributed by atoms with Crippen molar-refractivity contribution in [3.63, 3.8) is 0 Å². The molecule has 4 heteroatoms. The van der Waals surface area contributed by atoms with Crippen LogP contribution in [0.1, 0.15) is 19.3 Å². The Kier molecular flexibility index (Phi) is 1.48. The molecule has 4 saturated carbocycles. The third-order valence-corrected chi connectivity index (χ3v) is 6.30. The van der Waals surface area contributed by atoms with Crippen LogP contribution in [-0.2, 0) is 9.47 Å². The summed E-state index contributed by atoms with van der Waals surface area (Å²) in [5, 5.41) is 4.09. The fraction of sp³-hybridized carbons (Fsp3) is 0.923. The highest BCUT2D eigenvalue weighted by Crippen LogP contribution is 2.73. The monoisotopic (exact) mass is 234 g/mol. The number of nitrogens with zero attached hydrogens (tertiary/aromatic N) is 1. The second kappa shape index (κ2) is 2.69. The van der Waals surface area contributed by atoms with Gasteiger partial charge in [-0.1, -0.05) is 0 Å².